The standard InChI is InChI=1S/C16H26N2O3/c1-11(2)15(20)18-13(14(19)17-12-6-7-12)10-21-16(18)8-4-3-5-9-16/h11-13H,3-10H2,1-2H3,(H,17,19). The van der Waals surface area contributed by atoms with E-state index < -0.39 is 11.8 Å². The fourth-order valence-corrected chi connectivity index (χ4v) is 3.50. The van der Waals surface area contributed by atoms with Gasteiger partial charge in [0.25, 0.3) is 0 Å². The molecule has 0 bridgehead atoms. The summed E-state index contributed by atoms with van der Waals surface area (Å²) < 4.78 is 6.05. The maximum atomic E-state index is 12.7. The van der Waals surface area contributed by atoms with Gasteiger partial charge in [0.2, 0.25) is 11.8 Å². The number of hydrogen-bond acceptors (Lipinski definition) is 3. The predicted octanol–water partition coefficient (Wildman–Crippen LogP) is 1.81. The second-order valence-corrected chi connectivity index (χ2v) is 6.98. The molecular weight excluding hydrogens is 268 g/mol. The van der Waals surface area contributed by atoms with Crippen LogP contribution in [0.1, 0.15) is 58.8 Å². The summed E-state index contributed by atoms with van der Waals surface area (Å²) in [6.45, 7) is 4.14. The molecule has 2 amide bonds. The van der Waals surface area contributed by atoms with Crippen LogP contribution in [0, 0.1) is 5.92 Å². The molecule has 0 aromatic rings. The Morgan fingerprint density at radius 1 is 1.19 bits per heavy atom. The molecule has 0 aromatic heterocycles. The first-order valence-corrected chi connectivity index (χ1v) is 8.31. The first kappa shape index (κ1) is 14.8. The van der Waals surface area contributed by atoms with E-state index in [0.717, 1.165) is 38.5 Å². The van der Waals surface area contributed by atoms with E-state index in [4.69, 9.17) is 4.74 Å². The quantitative estimate of drug-likeness (QED) is 0.863. The zero-order valence-electron chi connectivity index (χ0n) is 13.1. The van der Waals surface area contributed by atoms with Crippen LogP contribution in [0.25, 0.3) is 0 Å². The van der Waals surface area contributed by atoms with E-state index in [1.165, 1.54) is 6.42 Å². The number of nitrogens with one attached hydrogen (secondary N) is 1. The van der Waals surface area contributed by atoms with Crippen LogP contribution in [0.15, 0.2) is 0 Å². The van der Waals surface area contributed by atoms with Gasteiger partial charge in [-0.15, -0.1) is 0 Å². The maximum absolute atomic E-state index is 12.7. The highest BCUT2D eigenvalue weighted by Gasteiger charge is 2.53. The van der Waals surface area contributed by atoms with Gasteiger partial charge in [-0.05, 0) is 38.5 Å². The van der Waals surface area contributed by atoms with Crippen molar-refractivity contribution in [3.63, 3.8) is 0 Å². The molecule has 3 aliphatic rings. The molecule has 1 unspecified atom stereocenters. The molecule has 5 nitrogen and oxygen atoms in total. The Hall–Kier alpha value is -1.10. The molecule has 5 heteroatoms. The van der Waals surface area contributed by atoms with Crippen LogP contribution in [0.4, 0.5) is 0 Å². The summed E-state index contributed by atoms with van der Waals surface area (Å²) in [5.41, 5.74) is -0.523. The van der Waals surface area contributed by atoms with Crippen LogP contribution < -0.4 is 5.32 Å². The lowest BCUT2D eigenvalue weighted by Gasteiger charge is -2.42. The lowest BCUT2D eigenvalue weighted by atomic mass is 9.89. The van der Waals surface area contributed by atoms with E-state index in [-0.39, 0.29) is 17.7 Å². The monoisotopic (exact) mass is 294 g/mol. The third kappa shape index (κ3) is 2.80. The van der Waals surface area contributed by atoms with Crippen molar-refractivity contribution in [2.75, 3.05) is 6.61 Å². The molecule has 1 N–H and O–H groups in total. The van der Waals surface area contributed by atoms with E-state index in [2.05, 4.69) is 5.32 Å². The lowest BCUT2D eigenvalue weighted by molar-refractivity contribution is -0.162. The number of nitrogens with zero attached hydrogens (tertiary/aromatic N) is 1. The number of rotatable bonds is 3. The molecule has 0 radical (unpaired) electrons. The second-order valence-electron chi connectivity index (χ2n) is 6.98. The number of carbonyl (C=O) groups excluding carboxylic acids is 2. The maximum Gasteiger partial charge on any atom is 0.245 e. The summed E-state index contributed by atoms with van der Waals surface area (Å²) in [6.07, 6.45) is 7.16. The van der Waals surface area contributed by atoms with Gasteiger partial charge in [-0.1, -0.05) is 20.3 Å². The number of hydrogen-bond donors (Lipinski definition) is 1. The number of ether oxygens (including phenoxy) is 1. The largest absolute Gasteiger partial charge is 0.353 e. The second kappa shape index (κ2) is 5.59. The molecule has 0 aromatic carbocycles. The Balaban J connectivity index is 1.81. The summed E-state index contributed by atoms with van der Waals surface area (Å²) in [4.78, 5) is 27.0. The van der Waals surface area contributed by atoms with Gasteiger partial charge in [-0.3, -0.25) is 14.5 Å². The van der Waals surface area contributed by atoms with Crippen LogP contribution in [-0.4, -0.2) is 41.1 Å². The first-order chi connectivity index (χ1) is 10.0. The fourth-order valence-electron chi connectivity index (χ4n) is 3.50. The van der Waals surface area contributed by atoms with Crippen molar-refractivity contribution in [3.05, 3.63) is 0 Å². The van der Waals surface area contributed by atoms with Gasteiger partial charge < -0.3 is 10.1 Å². The fraction of sp³-hybridized carbons (Fsp3) is 0.875. The van der Waals surface area contributed by atoms with Crippen LogP contribution >= 0.6 is 0 Å². The van der Waals surface area contributed by atoms with Crippen molar-refractivity contribution in [3.8, 4) is 0 Å². The number of carbonyl (C=O) groups is 2. The average Bonchev–Trinajstić information content (AvgIpc) is 3.20. The van der Waals surface area contributed by atoms with Crippen LogP contribution in [0.2, 0.25) is 0 Å². The summed E-state index contributed by atoms with van der Waals surface area (Å²) >= 11 is 0. The molecule has 2 saturated carbocycles. The van der Waals surface area contributed by atoms with E-state index in [0.29, 0.717) is 12.6 Å². The van der Waals surface area contributed by atoms with Gasteiger partial charge in [0.05, 0.1) is 6.61 Å². The van der Waals surface area contributed by atoms with Crippen molar-refractivity contribution in [1.29, 1.82) is 0 Å². The van der Waals surface area contributed by atoms with E-state index in [1.54, 1.807) is 4.90 Å². The van der Waals surface area contributed by atoms with Crippen LogP contribution in [-0.2, 0) is 14.3 Å². The van der Waals surface area contributed by atoms with Gasteiger partial charge in [0, 0.05) is 12.0 Å². The molecule has 2 aliphatic carbocycles. The van der Waals surface area contributed by atoms with Crippen molar-refractivity contribution in [1.82, 2.24) is 10.2 Å². The average molecular weight is 294 g/mol. The van der Waals surface area contributed by atoms with Gasteiger partial charge in [-0.25, -0.2) is 0 Å². The molecule has 3 fully saturated rings. The topological polar surface area (TPSA) is 58.6 Å². The highest BCUT2D eigenvalue weighted by Crippen LogP contribution is 2.41. The highest BCUT2D eigenvalue weighted by atomic mass is 16.5. The van der Waals surface area contributed by atoms with Gasteiger partial charge >= 0.3 is 0 Å². The van der Waals surface area contributed by atoms with Crippen LogP contribution in [0.3, 0.4) is 0 Å². The van der Waals surface area contributed by atoms with Gasteiger partial charge in [0.1, 0.15) is 11.8 Å². The zero-order valence-corrected chi connectivity index (χ0v) is 13.1. The molecule has 3 rings (SSSR count). The molecule has 1 atom stereocenters. The van der Waals surface area contributed by atoms with Crippen molar-refractivity contribution >= 4 is 11.8 Å². The summed E-state index contributed by atoms with van der Waals surface area (Å²) in [5, 5.41) is 3.03. The van der Waals surface area contributed by atoms with Crippen molar-refractivity contribution < 1.29 is 14.3 Å². The minimum atomic E-state index is -0.523. The SMILES string of the molecule is CC(C)C(=O)N1C(C(=O)NC2CC2)COC12CCCCC2. The summed E-state index contributed by atoms with van der Waals surface area (Å²) in [5.74, 6) is -0.0963. The van der Waals surface area contributed by atoms with Crippen molar-refractivity contribution in [2.24, 2.45) is 5.92 Å². The van der Waals surface area contributed by atoms with Gasteiger partial charge in [-0.2, -0.15) is 0 Å². The molecule has 1 saturated heterocycles. The normalized spacial score (nSPS) is 28.1. The van der Waals surface area contributed by atoms with E-state index >= 15 is 0 Å². The highest BCUT2D eigenvalue weighted by molar-refractivity contribution is 5.89. The molecule has 118 valence electrons. The summed E-state index contributed by atoms with van der Waals surface area (Å²) in [7, 11) is 0. The Morgan fingerprint density at radius 2 is 1.86 bits per heavy atom. The lowest BCUT2D eigenvalue weighted by Crippen LogP contribution is -2.57. The Kier molecular flexibility index (Phi) is 3.95. The summed E-state index contributed by atoms with van der Waals surface area (Å²) in [6, 6.07) is -0.130. The molecule has 1 aliphatic heterocycles. The predicted molar refractivity (Wildman–Crippen MR) is 78.4 cm³/mol. The first-order valence-electron chi connectivity index (χ1n) is 8.31. The molecule has 21 heavy (non-hydrogen) atoms. The minimum Gasteiger partial charge on any atom is -0.353 e. The van der Waals surface area contributed by atoms with Crippen LogP contribution in [0.5, 0.6) is 0 Å². The Bertz CT molecular complexity index is 425. The van der Waals surface area contributed by atoms with E-state index in [9.17, 15) is 9.59 Å². The molecular formula is C16H26N2O3. The van der Waals surface area contributed by atoms with E-state index in [1.807, 2.05) is 13.8 Å². The smallest absolute Gasteiger partial charge is 0.245 e. The third-order valence-electron chi connectivity index (χ3n) is 4.85. The Morgan fingerprint density at radius 3 is 2.43 bits per heavy atom. The van der Waals surface area contributed by atoms with Gasteiger partial charge in [0.15, 0.2) is 0 Å². The Labute approximate surface area is 126 Å². The zero-order chi connectivity index (χ0) is 15.0. The molecule has 1 heterocycles. The third-order valence-corrected chi connectivity index (χ3v) is 4.85. The van der Waals surface area contributed by atoms with Crippen molar-refractivity contribution in [2.45, 2.75) is 76.6 Å². The minimum absolute atomic E-state index is 0.0334. The number of amides is 2. The molecule has 1 spiro atoms.